The minimum atomic E-state index is -4.33. The summed E-state index contributed by atoms with van der Waals surface area (Å²) in [7, 11) is 1.93. The van der Waals surface area contributed by atoms with Crippen LogP contribution in [-0.4, -0.2) is 34.2 Å². The Morgan fingerprint density at radius 3 is 2.55 bits per heavy atom. The smallest absolute Gasteiger partial charge is 0.356 e. The molecule has 0 bridgehead atoms. The Morgan fingerprint density at radius 2 is 1.94 bits per heavy atom. The molecule has 1 N–H and O–H groups in total. The van der Waals surface area contributed by atoms with Gasteiger partial charge in [-0.25, -0.2) is 4.98 Å². The van der Waals surface area contributed by atoms with Crippen LogP contribution in [-0.2, 0) is 6.18 Å². The van der Waals surface area contributed by atoms with Crippen molar-refractivity contribution >= 4 is 28.2 Å². The Kier molecular flexibility index (Phi) is 5.90. The molecule has 10 heteroatoms. The van der Waals surface area contributed by atoms with Crippen LogP contribution < -0.4 is 10.2 Å². The second kappa shape index (κ2) is 8.62. The summed E-state index contributed by atoms with van der Waals surface area (Å²) in [5.41, 5.74) is 2.19. The number of nitrogens with zero attached hydrogens (tertiary/aromatic N) is 4. The third-order valence-electron chi connectivity index (χ3n) is 5.60. The molecular formula is C21H20F3N5OS. The maximum absolute atomic E-state index is 12.9. The first-order valence-electron chi connectivity index (χ1n) is 9.76. The van der Waals surface area contributed by atoms with Crippen LogP contribution in [0.2, 0.25) is 0 Å². The van der Waals surface area contributed by atoms with Crippen LogP contribution >= 0.6 is 11.3 Å². The predicted octanol–water partition coefficient (Wildman–Crippen LogP) is 4.98. The number of hydrogen-bond donors (Lipinski definition) is 1. The molecule has 6 nitrogen and oxygen atoms in total. The second-order valence-corrected chi connectivity index (χ2v) is 8.27. The van der Waals surface area contributed by atoms with E-state index in [0.29, 0.717) is 16.5 Å². The zero-order valence-corrected chi connectivity index (χ0v) is 17.5. The van der Waals surface area contributed by atoms with Crippen molar-refractivity contribution in [2.24, 2.45) is 0 Å². The van der Waals surface area contributed by atoms with Crippen LogP contribution in [0.3, 0.4) is 0 Å². The molecule has 1 saturated carbocycles. The van der Waals surface area contributed by atoms with Crippen molar-refractivity contribution in [2.45, 2.75) is 37.4 Å². The van der Waals surface area contributed by atoms with Gasteiger partial charge in [0, 0.05) is 25.2 Å². The van der Waals surface area contributed by atoms with Crippen molar-refractivity contribution in [3.63, 3.8) is 0 Å². The average Bonchev–Trinajstić information content (AvgIpc) is 3.45. The highest BCUT2D eigenvalue weighted by Crippen LogP contribution is 2.39. The molecule has 0 aliphatic heterocycles. The molecule has 0 unspecified atom stereocenters. The van der Waals surface area contributed by atoms with E-state index >= 15 is 0 Å². The van der Waals surface area contributed by atoms with Gasteiger partial charge in [0.2, 0.25) is 5.13 Å². The number of pyridine rings is 1. The first-order chi connectivity index (χ1) is 14.8. The van der Waals surface area contributed by atoms with Gasteiger partial charge in [-0.15, -0.1) is 10.2 Å². The molecular weight excluding hydrogens is 427 g/mol. The number of rotatable bonds is 5. The van der Waals surface area contributed by atoms with Gasteiger partial charge in [0.25, 0.3) is 5.91 Å². The van der Waals surface area contributed by atoms with E-state index in [1.54, 1.807) is 24.3 Å². The number of aromatic nitrogens is 3. The number of carbonyl (C=O) groups is 1. The molecule has 1 aromatic carbocycles. The van der Waals surface area contributed by atoms with Crippen LogP contribution in [0, 0.1) is 0 Å². The van der Waals surface area contributed by atoms with Gasteiger partial charge in [0.15, 0.2) is 0 Å². The zero-order valence-electron chi connectivity index (χ0n) is 16.6. The van der Waals surface area contributed by atoms with Crippen LogP contribution in [0.5, 0.6) is 0 Å². The molecule has 2 aromatic heterocycles. The van der Waals surface area contributed by atoms with Crippen molar-refractivity contribution in [1.29, 1.82) is 0 Å². The van der Waals surface area contributed by atoms with Gasteiger partial charge in [0.1, 0.15) is 11.3 Å². The molecule has 1 aliphatic rings. The number of alkyl halides is 3. The van der Waals surface area contributed by atoms with E-state index < -0.39 is 11.7 Å². The van der Waals surface area contributed by atoms with Gasteiger partial charge in [0.05, 0.1) is 11.1 Å². The molecule has 1 fully saturated rings. The standard InChI is InChI=1S/C21H20F3N5OS/c1-29(18-10-7-14(11-25-18)19(30)27-20-28-26-12-31-20)17-4-2-3-16(17)13-5-8-15(9-6-13)21(22,23)24/h5-12,16-17H,2-4H2,1H3,(H,27,28,30)/t16-,17+/m1/s1. The van der Waals surface area contributed by atoms with Crippen LogP contribution in [0.15, 0.2) is 48.1 Å². The molecule has 0 spiro atoms. The third-order valence-corrected chi connectivity index (χ3v) is 6.20. The van der Waals surface area contributed by atoms with Crippen LogP contribution in [0.4, 0.5) is 24.1 Å². The summed E-state index contributed by atoms with van der Waals surface area (Å²) in [5.74, 6) is 0.507. The third kappa shape index (κ3) is 4.68. The fraction of sp³-hybridized carbons (Fsp3) is 0.333. The largest absolute Gasteiger partial charge is 0.416 e. The van der Waals surface area contributed by atoms with E-state index in [1.807, 2.05) is 11.9 Å². The summed E-state index contributed by atoms with van der Waals surface area (Å²) >= 11 is 1.23. The number of anilines is 2. The van der Waals surface area contributed by atoms with Crippen LogP contribution in [0.25, 0.3) is 0 Å². The highest BCUT2D eigenvalue weighted by molar-refractivity contribution is 7.13. The number of hydrogen-bond acceptors (Lipinski definition) is 6. The summed E-state index contributed by atoms with van der Waals surface area (Å²) in [6.45, 7) is 0. The molecule has 4 rings (SSSR count). The van der Waals surface area contributed by atoms with Gasteiger partial charge in [-0.05, 0) is 42.7 Å². The molecule has 162 valence electrons. The molecule has 1 aliphatic carbocycles. The molecule has 0 radical (unpaired) electrons. The van der Waals surface area contributed by atoms with Crippen molar-refractivity contribution in [3.8, 4) is 0 Å². The van der Waals surface area contributed by atoms with Gasteiger partial charge in [-0.2, -0.15) is 13.2 Å². The lowest BCUT2D eigenvalue weighted by Gasteiger charge is -2.31. The Hall–Kier alpha value is -3.01. The van der Waals surface area contributed by atoms with Crippen molar-refractivity contribution in [1.82, 2.24) is 15.2 Å². The normalized spacial score (nSPS) is 18.7. The van der Waals surface area contributed by atoms with Gasteiger partial charge < -0.3 is 4.90 Å². The molecule has 3 aromatic rings. The molecule has 0 saturated heterocycles. The molecule has 31 heavy (non-hydrogen) atoms. The quantitative estimate of drug-likeness (QED) is 0.598. The lowest BCUT2D eigenvalue weighted by atomic mass is 9.92. The summed E-state index contributed by atoms with van der Waals surface area (Å²) in [4.78, 5) is 18.8. The highest BCUT2D eigenvalue weighted by atomic mass is 32.1. The summed E-state index contributed by atoms with van der Waals surface area (Å²) < 4.78 is 38.6. The Bertz CT molecular complexity index is 1020. The van der Waals surface area contributed by atoms with Crippen molar-refractivity contribution in [3.05, 3.63) is 64.8 Å². The van der Waals surface area contributed by atoms with Crippen molar-refractivity contribution in [2.75, 3.05) is 17.3 Å². The average molecular weight is 447 g/mol. The fourth-order valence-corrected chi connectivity index (χ4v) is 4.45. The van der Waals surface area contributed by atoms with E-state index in [-0.39, 0.29) is 17.9 Å². The first-order valence-corrected chi connectivity index (χ1v) is 10.6. The zero-order chi connectivity index (χ0) is 22.0. The lowest BCUT2D eigenvalue weighted by Crippen LogP contribution is -2.34. The number of carbonyl (C=O) groups excluding carboxylic acids is 1. The second-order valence-electron chi connectivity index (χ2n) is 7.44. The SMILES string of the molecule is CN(c1ccc(C(=O)Nc2nncs2)cn1)[C@H]1CCC[C@@H]1c1ccc(C(F)(F)F)cc1. The monoisotopic (exact) mass is 447 g/mol. The van der Waals surface area contributed by atoms with E-state index in [2.05, 4.69) is 20.5 Å². The van der Waals surface area contributed by atoms with Gasteiger partial charge in [-0.1, -0.05) is 29.9 Å². The van der Waals surface area contributed by atoms with E-state index in [0.717, 1.165) is 37.0 Å². The number of nitrogens with one attached hydrogen (secondary N) is 1. The highest BCUT2D eigenvalue weighted by Gasteiger charge is 2.34. The summed E-state index contributed by atoms with van der Waals surface area (Å²) in [5, 5.41) is 10.5. The predicted molar refractivity (Wildman–Crippen MR) is 112 cm³/mol. The number of likely N-dealkylation sites (N-methyl/N-ethyl adjacent to an activating group) is 1. The molecule has 2 atom stereocenters. The number of halogens is 3. The fourth-order valence-electron chi connectivity index (χ4n) is 4.01. The maximum Gasteiger partial charge on any atom is 0.416 e. The topological polar surface area (TPSA) is 71.0 Å². The number of benzene rings is 1. The van der Waals surface area contributed by atoms with Crippen molar-refractivity contribution < 1.29 is 18.0 Å². The Balaban J connectivity index is 1.46. The van der Waals surface area contributed by atoms with E-state index in [4.69, 9.17) is 0 Å². The lowest BCUT2D eigenvalue weighted by molar-refractivity contribution is -0.137. The Labute approximate surface area is 181 Å². The number of amides is 1. The summed E-state index contributed by atoms with van der Waals surface area (Å²) in [6.07, 6.45) is -0.0163. The first kappa shape index (κ1) is 21.2. The van der Waals surface area contributed by atoms with Gasteiger partial charge in [-0.3, -0.25) is 10.1 Å². The maximum atomic E-state index is 12.9. The molecule has 2 heterocycles. The minimum Gasteiger partial charge on any atom is -0.356 e. The van der Waals surface area contributed by atoms with E-state index in [9.17, 15) is 18.0 Å². The molecule has 1 amide bonds. The van der Waals surface area contributed by atoms with Crippen LogP contribution in [0.1, 0.15) is 46.7 Å². The Morgan fingerprint density at radius 1 is 1.16 bits per heavy atom. The van der Waals surface area contributed by atoms with E-state index in [1.165, 1.54) is 23.0 Å². The van der Waals surface area contributed by atoms with Gasteiger partial charge >= 0.3 is 6.18 Å². The summed E-state index contributed by atoms with van der Waals surface area (Å²) in [6, 6.07) is 9.03. The minimum absolute atomic E-state index is 0.116.